The summed E-state index contributed by atoms with van der Waals surface area (Å²) in [6.07, 6.45) is 3.68. The molecular formula is C26H21ClN4O2. The fraction of sp³-hybridized carbons (Fsp3) is 0.192. The largest absolute Gasteiger partial charge is 0.365 e. The average Bonchev–Trinajstić information content (AvgIpc) is 3.23. The fourth-order valence-electron chi connectivity index (χ4n) is 4.68. The number of halogens is 1. The van der Waals surface area contributed by atoms with Crippen LogP contribution in [0.1, 0.15) is 25.1 Å². The molecule has 2 aromatic carbocycles. The van der Waals surface area contributed by atoms with Gasteiger partial charge < -0.3 is 10.2 Å². The molecule has 3 heterocycles. The molecule has 2 unspecified atom stereocenters. The van der Waals surface area contributed by atoms with Crippen LogP contribution in [0.4, 0.5) is 0 Å². The first-order valence-electron chi connectivity index (χ1n) is 10.9. The number of benzene rings is 2. The van der Waals surface area contributed by atoms with Crippen LogP contribution in [0.25, 0.3) is 38.9 Å². The van der Waals surface area contributed by atoms with Gasteiger partial charge in [-0.1, -0.05) is 67.1 Å². The molecule has 1 aliphatic rings. The number of hydrogen-bond donors (Lipinski definition) is 2. The second-order valence-corrected chi connectivity index (χ2v) is 9.06. The van der Waals surface area contributed by atoms with E-state index in [0.29, 0.717) is 16.4 Å². The third-order valence-corrected chi connectivity index (χ3v) is 7.03. The second kappa shape index (κ2) is 7.35. The molecule has 3 aromatic heterocycles. The molecule has 1 aliphatic carbocycles. The lowest BCUT2D eigenvalue weighted by Gasteiger charge is -2.45. The number of aliphatic hydroxyl groups is 2. The lowest BCUT2D eigenvalue weighted by atomic mass is 9.68. The van der Waals surface area contributed by atoms with E-state index >= 15 is 0 Å². The first-order chi connectivity index (χ1) is 15.9. The van der Waals surface area contributed by atoms with E-state index in [9.17, 15) is 10.2 Å². The van der Waals surface area contributed by atoms with Crippen LogP contribution in [0.15, 0.2) is 73.1 Å². The number of imidazole rings is 1. The molecule has 0 saturated heterocycles. The summed E-state index contributed by atoms with van der Waals surface area (Å²) in [5.41, 5.74) is 5.11. The van der Waals surface area contributed by atoms with Gasteiger partial charge in [0.15, 0.2) is 10.9 Å². The Morgan fingerprint density at radius 2 is 1.79 bits per heavy atom. The van der Waals surface area contributed by atoms with E-state index in [1.165, 1.54) is 0 Å². The molecule has 0 bridgehead atoms. The van der Waals surface area contributed by atoms with Gasteiger partial charge in [-0.3, -0.25) is 4.40 Å². The molecule has 0 spiro atoms. The van der Waals surface area contributed by atoms with Crippen LogP contribution >= 0.6 is 11.6 Å². The number of rotatable bonds is 3. The summed E-state index contributed by atoms with van der Waals surface area (Å²) >= 11 is 6.52. The van der Waals surface area contributed by atoms with Crippen LogP contribution in [0.2, 0.25) is 5.15 Å². The van der Waals surface area contributed by atoms with Crippen LogP contribution in [0, 0.1) is 5.92 Å². The van der Waals surface area contributed by atoms with Gasteiger partial charge in [-0.2, -0.15) is 0 Å². The summed E-state index contributed by atoms with van der Waals surface area (Å²) in [6, 6.07) is 20.2. The van der Waals surface area contributed by atoms with E-state index in [-0.39, 0.29) is 18.3 Å². The van der Waals surface area contributed by atoms with Crippen molar-refractivity contribution in [2.45, 2.75) is 25.0 Å². The first-order valence-corrected chi connectivity index (χ1v) is 11.2. The number of pyridine rings is 1. The minimum Gasteiger partial charge on any atom is -0.365 e. The zero-order chi connectivity index (χ0) is 22.7. The van der Waals surface area contributed by atoms with Gasteiger partial charge in [-0.25, -0.2) is 15.0 Å². The van der Waals surface area contributed by atoms with Crippen molar-refractivity contribution in [1.82, 2.24) is 19.4 Å². The molecule has 6 nitrogen and oxygen atoms in total. The SMILES string of the molecule is CC1C(c2nc(-c3ccc4ccc(-c5ccccc5)nc4c3)c3c(Cl)nccn23)CC1(O)O. The van der Waals surface area contributed by atoms with Crippen molar-refractivity contribution in [3.05, 3.63) is 84.0 Å². The van der Waals surface area contributed by atoms with E-state index in [0.717, 1.165) is 33.5 Å². The van der Waals surface area contributed by atoms with Crippen molar-refractivity contribution in [2.24, 2.45) is 5.92 Å². The summed E-state index contributed by atoms with van der Waals surface area (Å²) in [4.78, 5) is 14.1. The molecule has 0 radical (unpaired) electrons. The molecule has 7 heteroatoms. The van der Waals surface area contributed by atoms with Crippen molar-refractivity contribution in [3.8, 4) is 22.5 Å². The summed E-state index contributed by atoms with van der Waals surface area (Å²) in [5, 5.41) is 21.5. The fourth-order valence-corrected chi connectivity index (χ4v) is 4.92. The molecule has 6 rings (SSSR count). The smallest absolute Gasteiger partial charge is 0.166 e. The maximum atomic E-state index is 10.1. The lowest BCUT2D eigenvalue weighted by Crippen LogP contribution is -2.51. The molecule has 2 atom stereocenters. The molecule has 1 saturated carbocycles. The molecule has 5 aromatic rings. The Kier molecular flexibility index (Phi) is 4.52. The Morgan fingerprint density at radius 1 is 1.00 bits per heavy atom. The highest BCUT2D eigenvalue weighted by Gasteiger charge is 2.51. The Morgan fingerprint density at radius 3 is 2.55 bits per heavy atom. The topological polar surface area (TPSA) is 83.5 Å². The summed E-state index contributed by atoms with van der Waals surface area (Å²) in [5.74, 6) is -1.35. The van der Waals surface area contributed by atoms with Crippen LogP contribution in [0.3, 0.4) is 0 Å². The maximum Gasteiger partial charge on any atom is 0.166 e. The highest BCUT2D eigenvalue weighted by Crippen LogP contribution is 2.49. The molecule has 2 N–H and O–H groups in total. The summed E-state index contributed by atoms with van der Waals surface area (Å²) in [6.45, 7) is 1.82. The van der Waals surface area contributed by atoms with Gasteiger partial charge in [0, 0.05) is 47.2 Å². The lowest BCUT2D eigenvalue weighted by molar-refractivity contribution is -0.260. The summed E-state index contributed by atoms with van der Waals surface area (Å²) < 4.78 is 1.92. The molecule has 164 valence electrons. The Bertz CT molecular complexity index is 1510. The normalized spacial score (nSPS) is 19.6. The van der Waals surface area contributed by atoms with Gasteiger partial charge in [0.2, 0.25) is 0 Å². The number of hydrogen-bond acceptors (Lipinski definition) is 5. The molecule has 1 fully saturated rings. The molecule has 33 heavy (non-hydrogen) atoms. The van der Waals surface area contributed by atoms with Gasteiger partial charge >= 0.3 is 0 Å². The van der Waals surface area contributed by atoms with Gasteiger partial charge in [-0.05, 0) is 12.1 Å². The van der Waals surface area contributed by atoms with Crippen molar-refractivity contribution < 1.29 is 10.2 Å². The highest BCUT2D eigenvalue weighted by molar-refractivity contribution is 6.33. The third-order valence-electron chi connectivity index (χ3n) is 6.76. The predicted octanol–water partition coefficient (Wildman–Crippen LogP) is 5.07. The third kappa shape index (κ3) is 3.22. The predicted molar refractivity (Wildman–Crippen MR) is 128 cm³/mol. The van der Waals surface area contributed by atoms with Gasteiger partial charge in [-0.15, -0.1) is 0 Å². The van der Waals surface area contributed by atoms with Crippen molar-refractivity contribution in [2.75, 3.05) is 0 Å². The van der Waals surface area contributed by atoms with Crippen molar-refractivity contribution in [3.63, 3.8) is 0 Å². The van der Waals surface area contributed by atoms with E-state index < -0.39 is 5.79 Å². The van der Waals surface area contributed by atoms with E-state index in [1.807, 2.05) is 72.1 Å². The van der Waals surface area contributed by atoms with E-state index in [1.54, 1.807) is 6.20 Å². The van der Waals surface area contributed by atoms with Crippen LogP contribution < -0.4 is 0 Å². The van der Waals surface area contributed by atoms with Crippen molar-refractivity contribution >= 4 is 28.0 Å². The molecule has 0 amide bonds. The monoisotopic (exact) mass is 456 g/mol. The maximum absolute atomic E-state index is 10.1. The standard InChI is InChI=1S/C26H21ClN4O2/c1-15-19(14-26(15,32)33)25-30-22(23-24(27)28-11-12-31(23)25)18-8-7-17-9-10-20(29-21(17)13-18)16-5-3-2-4-6-16/h2-13,15,19,32-33H,14H2,1H3. The van der Waals surface area contributed by atoms with Crippen LogP contribution in [-0.2, 0) is 0 Å². The average molecular weight is 457 g/mol. The Hall–Kier alpha value is -3.32. The van der Waals surface area contributed by atoms with Crippen molar-refractivity contribution in [1.29, 1.82) is 0 Å². The molecular weight excluding hydrogens is 436 g/mol. The Balaban J connectivity index is 1.51. The number of fused-ring (bicyclic) bond motifs is 2. The zero-order valence-electron chi connectivity index (χ0n) is 17.9. The highest BCUT2D eigenvalue weighted by atomic mass is 35.5. The number of aromatic nitrogens is 4. The van der Waals surface area contributed by atoms with Crippen LogP contribution in [0.5, 0.6) is 0 Å². The Labute approximate surface area is 195 Å². The van der Waals surface area contributed by atoms with Gasteiger partial charge in [0.25, 0.3) is 0 Å². The quantitative estimate of drug-likeness (QED) is 0.370. The number of nitrogens with zero attached hydrogens (tertiary/aromatic N) is 4. The minimum absolute atomic E-state index is 0.0945. The van der Waals surface area contributed by atoms with Gasteiger partial charge in [0.1, 0.15) is 11.3 Å². The van der Waals surface area contributed by atoms with Crippen LogP contribution in [-0.4, -0.2) is 35.4 Å². The zero-order valence-corrected chi connectivity index (χ0v) is 18.6. The van der Waals surface area contributed by atoms with Gasteiger partial charge in [0.05, 0.1) is 16.9 Å². The second-order valence-electron chi connectivity index (χ2n) is 8.70. The van der Waals surface area contributed by atoms with E-state index in [2.05, 4.69) is 11.1 Å². The van der Waals surface area contributed by atoms with E-state index in [4.69, 9.17) is 21.6 Å². The first kappa shape index (κ1) is 20.3. The molecule has 0 aliphatic heterocycles. The summed E-state index contributed by atoms with van der Waals surface area (Å²) in [7, 11) is 0. The minimum atomic E-state index is -1.67.